The van der Waals surface area contributed by atoms with Crippen LogP contribution in [0.25, 0.3) is 17.0 Å². The number of thiocarbonyl (C=S) groups is 1. The van der Waals surface area contributed by atoms with Gasteiger partial charge in [-0.2, -0.15) is 0 Å². The second kappa shape index (κ2) is 5.09. The minimum atomic E-state index is 0.322. The van der Waals surface area contributed by atoms with Crippen LogP contribution in [0.5, 0.6) is 0 Å². The molecule has 0 aliphatic carbocycles. The van der Waals surface area contributed by atoms with E-state index in [1.165, 1.54) is 0 Å². The zero-order valence-corrected chi connectivity index (χ0v) is 13.2. The normalized spacial score (nSPS) is 11.0. The molecule has 1 aromatic carbocycles. The van der Waals surface area contributed by atoms with E-state index in [4.69, 9.17) is 29.6 Å². The zero-order chi connectivity index (χ0) is 15.1. The van der Waals surface area contributed by atoms with Gasteiger partial charge in [-0.15, -0.1) is 5.10 Å². The fraction of sp³-hybridized carbons (Fsp3) is 0.133. The van der Waals surface area contributed by atoms with Crippen LogP contribution in [0.2, 0.25) is 5.02 Å². The Bertz CT molecular complexity index is 869. The van der Waals surface area contributed by atoms with E-state index < -0.39 is 0 Å². The minimum Gasteiger partial charge on any atom is -0.389 e. The van der Waals surface area contributed by atoms with Gasteiger partial charge in [0.05, 0.1) is 5.56 Å². The SMILES string of the molecule is Cc1cc(C)n2nc(-c3cccc(Cl)c3)nc2c1C(N)=S. The Labute approximate surface area is 132 Å². The van der Waals surface area contributed by atoms with Crippen LogP contribution in [0, 0.1) is 13.8 Å². The van der Waals surface area contributed by atoms with Gasteiger partial charge in [-0.25, -0.2) is 9.50 Å². The zero-order valence-electron chi connectivity index (χ0n) is 11.6. The van der Waals surface area contributed by atoms with E-state index in [0.717, 1.165) is 22.4 Å². The van der Waals surface area contributed by atoms with Crippen molar-refractivity contribution in [2.45, 2.75) is 13.8 Å². The lowest BCUT2D eigenvalue weighted by atomic mass is 10.1. The second-order valence-corrected chi connectivity index (χ2v) is 5.77. The molecule has 3 rings (SSSR count). The third-order valence-electron chi connectivity index (χ3n) is 3.31. The molecule has 0 saturated carbocycles. The van der Waals surface area contributed by atoms with Gasteiger partial charge in [-0.05, 0) is 37.6 Å². The third kappa shape index (κ3) is 2.39. The standard InChI is InChI=1S/C15H13ClN4S/c1-8-6-9(2)20-15(12(8)13(17)21)18-14(19-20)10-4-3-5-11(16)7-10/h3-7H,1-2H3,(H2,17,21). The summed E-state index contributed by atoms with van der Waals surface area (Å²) < 4.78 is 1.76. The van der Waals surface area contributed by atoms with Gasteiger partial charge in [0.15, 0.2) is 11.5 Å². The molecule has 21 heavy (non-hydrogen) atoms. The van der Waals surface area contributed by atoms with Crippen LogP contribution in [0.3, 0.4) is 0 Å². The van der Waals surface area contributed by atoms with Gasteiger partial charge < -0.3 is 5.73 Å². The van der Waals surface area contributed by atoms with Crippen molar-refractivity contribution in [1.29, 1.82) is 0 Å². The maximum Gasteiger partial charge on any atom is 0.182 e. The summed E-state index contributed by atoms with van der Waals surface area (Å²) in [4.78, 5) is 4.91. The highest BCUT2D eigenvalue weighted by Gasteiger charge is 2.15. The number of nitrogens with zero attached hydrogens (tertiary/aromatic N) is 3. The molecule has 6 heteroatoms. The molecular weight excluding hydrogens is 304 g/mol. The van der Waals surface area contributed by atoms with Gasteiger partial charge in [0.1, 0.15) is 4.99 Å². The van der Waals surface area contributed by atoms with E-state index in [2.05, 4.69) is 10.1 Å². The smallest absolute Gasteiger partial charge is 0.182 e. The molecule has 2 aromatic heterocycles. The Morgan fingerprint density at radius 3 is 2.71 bits per heavy atom. The average molecular weight is 317 g/mol. The van der Waals surface area contributed by atoms with E-state index >= 15 is 0 Å². The van der Waals surface area contributed by atoms with Crippen LogP contribution in [0.15, 0.2) is 30.3 Å². The van der Waals surface area contributed by atoms with Crippen molar-refractivity contribution in [3.05, 3.63) is 52.2 Å². The van der Waals surface area contributed by atoms with Gasteiger partial charge in [0.2, 0.25) is 0 Å². The van der Waals surface area contributed by atoms with Crippen LogP contribution >= 0.6 is 23.8 Å². The monoisotopic (exact) mass is 316 g/mol. The van der Waals surface area contributed by atoms with Crippen molar-refractivity contribution in [3.63, 3.8) is 0 Å². The first kappa shape index (κ1) is 14.0. The molecule has 0 fully saturated rings. The third-order valence-corrected chi connectivity index (χ3v) is 3.75. The lowest BCUT2D eigenvalue weighted by Gasteiger charge is -2.07. The number of rotatable bonds is 2. The molecule has 2 N–H and O–H groups in total. The highest BCUT2D eigenvalue weighted by molar-refractivity contribution is 7.80. The molecule has 4 nitrogen and oxygen atoms in total. The van der Waals surface area contributed by atoms with Gasteiger partial charge >= 0.3 is 0 Å². The Morgan fingerprint density at radius 2 is 2.05 bits per heavy atom. The van der Waals surface area contributed by atoms with Crippen LogP contribution < -0.4 is 5.73 Å². The van der Waals surface area contributed by atoms with E-state index in [-0.39, 0.29) is 0 Å². The number of hydrogen-bond donors (Lipinski definition) is 1. The van der Waals surface area contributed by atoms with E-state index in [1.807, 2.05) is 44.2 Å². The number of aryl methyl sites for hydroxylation is 2. The summed E-state index contributed by atoms with van der Waals surface area (Å²) in [5, 5.41) is 5.19. The Hall–Kier alpha value is -1.98. The van der Waals surface area contributed by atoms with Gasteiger partial charge in [0.25, 0.3) is 0 Å². The number of benzene rings is 1. The van der Waals surface area contributed by atoms with Crippen LogP contribution in [0.4, 0.5) is 0 Å². The second-order valence-electron chi connectivity index (χ2n) is 4.89. The van der Waals surface area contributed by atoms with Crippen molar-refractivity contribution >= 4 is 34.5 Å². The highest BCUT2D eigenvalue weighted by Crippen LogP contribution is 2.23. The number of hydrogen-bond acceptors (Lipinski definition) is 3. The van der Waals surface area contributed by atoms with Crippen molar-refractivity contribution in [3.8, 4) is 11.4 Å². The van der Waals surface area contributed by atoms with Crippen LogP contribution in [-0.4, -0.2) is 19.6 Å². The quantitative estimate of drug-likeness (QED) is 0.737. The fourth-order valence-corrected chi connectivity index (χ4v) is 2.84. The molecular formula is C15H13ClN4S. The predicted octanol–water partition coefficient (Wildman–Crippen LogP) is 3.30. The Morgan fingerprint density at radius 1 is 1.29 bits per heavy atom. The molecule has 0 aliphatic rings. The number of aromatic nitrogens is 3. The summed E-state index contributed by atoms with van der Waals surface area (Å²) in [5.74, 6) is 0.601. The Balaban J connectivity index is 2.32. The summed E-state index contributed by atoms with van der Waals surface area (Å²) in [6, 6.07) is 9.44. The van der Waals surface area contributed by atoms with Crippen LogP contribution in [-0.2, 0) is 0 Å². The first-order valence-corrected chi connectivity index (χ1v) is 7.18. The predicted molar refractivity (Wildman–Crippen MR) is 88.8 cm³/mol. The lowest BCUT2D eigenvalue weighted by Crippen LogP contribution is -2.14. The van der Waals surface area contributed by atoms with Crippen molar-refractivity contribution < 1.29 is 0 Å². The first-order chi connectivity index (χ1) is 9.97. The summed E-state index contributed by atoms with van der Waals surface area (Å²) in [7, 11) is 0. The van der Waals surface area contributed by atoms with Crippen molar-refractivity contribution in [2.75, 3.05) is 0 Å². The molecule has 0 unspecified atom stereocenters. The number of fused-ring (bicyclic) bond motifs is 1. The van der Waals surface area contributed by atoms with Gasteiger partial charge in [-0.3, -0.25) is 0 Å². The number of halogens is 1. The van der Waals surface area contributed by atoms with Gasteiger partial charge in [-0.1, -0.05) is 36.0 Å². The van der Waals surface area contributed by atoms with Crippen molar-refractivity contribution in [1.82, 2.24) is 14.6 Å². The average Bonchev–Trinajstić information content (AvgIpc) is 2.83. The molecule has 0 bridgehead atoms. The molecule has 3 aromatic rings. The van der Waals surface area contributed by atoms with Gasteiger partial charge in [0, 0.05) is 16.3 Å². The summed E-state index contributed by atoms with van der Waals surface area (Å²) in [6.07, 6.45) is 0. The Kier molecular flexibility index (Phi) is 3.39. The molecule has 0 amide bonds. The summed E-state index contributed by atoms with van der Waals surface area (Å²) >= 11 is 11.2. The maximum absolute atomic E-state index is 6.03. The number of nitrogens with two attached hydrogens (primary N) is 1. The molecule has 2 heterocycles. The summed E-state index contributed by atoms with van der Waals surface area (Å²) in [6.45, 7) is 3.94. The topological polar surface area (TPSA) is 56.2 Å². The highest BCUT2D eigenvalue weighted by atomic mass is 35.5. The van der Waals surface area contributed by atoms with Crippen LogP contribution in [0.1, 0.15) is 16.8 Å². The first-order valence-electron chi connectivity index (χ1n) is 6.40. The molecule has 0 saturated heterocycles. The van der Waals surface area contributed by atoms with E-state index in [9.17, 15) is 0 Å². The minimum absolute atomic E-state index is 0.322. The largest absolute Gasteiger partial charge is 0.389 e. The van der Waals surface area contributed by atoms with E-state index in [0.29, 0.717) is 21.5 Å². The molecule has 0 spiro atoms. The van der Waals surface area contributed by atoms with E-state index in [1.54, 1.807) is 4.52 Å². The van der Waals surface area contributed by atoms with Crippen molar-refractivity contribution in [2.24, 2.45) is 5.73 Å². The number of pyridine rings is 1. The lowest BCUT2D eigenvalue weighted by molar-refractivity contribution is 0.913. The maximum atomic E-state index is 6.03. The fourth-order valence-electron chi connectivity index (χ4n) is 2.40. The molecule has 0 aliphatic heterocycles. The molecule has 0 atom stereocenters. The molecule has 106 valence electrons. The summed E-state index contributed by atoms with van der Waals surface area (Å²) in [5.41, 5.74) is 10.1. The molecule has 0 radical (unpaired) electrons.